The Balaban J connectivity index is 1.59. The van der Waals surface area contributed by atoms with Gasteiger partial charge in [0, 0.05) is 31.2 Å². The topological polar surface area (TPSA) is 88.2 Å². The van der Waals surface area contributed by atoms with E-state index in [2.05, 4.69) is 33.7 Å². The van der Waals surface area contributed by atoms with E-state index < -0.39 is 0 Å². The van der Waals surface area contributed by atoms with Crippen molar-refractivity contribution in [3.8, 4) is 0 Å². The van der Waals surface area contributed by atoms with Gasteiger partial charge in [-0.3, -0.25) is 9.69 Å². The van der Waals surface area contributed by atoms with Crippen molar-refractivity contribution < 1.29 is 4.79 Å². The molecule has 3 heterocycles. The Bertz CT molecular complexity index is 746. The fraction of sp³-hybridized carbons (Fsp3) is 0.529. The molecule has 1 aliphatic rings. The molecule has 2 N–H and O–H groups in total. The molecular formula is C17H24N6OS. The van der Waals surface area contributed by atoms with Gasteiger partial charge in [-0.25, -0.2) is 15.0 Å². The number of likely N-dealkylation sites (N-methyl/N-ethyl adjacent to an activating group) is 1. The van der Waals surface area contributed by atoms with Crippen LogP contribution in [0.25, 0.3) is 0 Å². The van der Waals surface area contributed by atoms with E-state index >= 15 is 0 Å². The molecule has 1 atom stereocenters. The normalized spacial score (nSPS) is 17.6. The number of nitrogens with zero attached hydrogens (tertiary/aromatic N) is 5. The lowest BCUT2D eigenvalue weighted by Crippen LogP contribution is -2.36. The first-order valence-electron chi connectivity index (χ1n) is 8.46. The zero-order valence-corrected chi connectivity index (χ0v) is 15.7. The molecule has 7 nitrogen and oxygen atoms in total. The maximum absolute atomic E-state index is 12.7. The van der Waals surface area contributed by atoms with Crippen molar-refractivity contribution >= 4 is 23.1 Å². The molecule has 0 saturated carbocycles. The molecule has 8 heteroatoms. The van der Waals surface area contributed by atoms with Gasteiger partial charge in [0.15, 0.2) is 0 Å². The van der Waals surface area contributed by atoms with Crippen molar-refractivity contribution in [2.24, 2.45) is 0 Å². The molecule has 1 aliphatic heterocycles. The van der Waals surface area contributed by atoms with Gasteiger partial charge in [0.05, 0.1) is 17.7 Å². The van der Waals surface area contributed by atoms with Crippen LogP contribution in [0.4, 0.5) is 5.82 Å². The summed E-state index contributed by atoms with van der Waals surface area (Å²) in [5.41, 5.74) is 5.71. The number of likely N-dealkylation sites (tertiary alicyclic amines) is 1. The first-order valence-corrected chi connectivity index (χ1v) is 9.28. The summed E-state index contributed by atoms with van der Waals surface area (Å²) < 4.78 is 0. The minimum Gasteiger partial charge on any atom is -0.384 e. The van der Waals surface area contributed by atoms with Crippen LogP contribution in [0.3, 0.4) is 0 Å². The number of carbonyl (C=O) groups is 1. The molecule has 0 spiro atoms. The largest absolute Gasteiger partial charge is 0.384 e. The molecule has 2 aromatic heterocycles. The van der Waals surface area contributed by atoms with Gasteiger partial charge in [0.1, 0.15) is 16.5 Å². The molecular weight excluding hydrogens is 336 g/mol. The van der Waals surface area contributed by atoms with E-state index in [1.54, 1.807) is 18.5 Å². The van der Waals surface area contributed by atoms with Gasteiger partial charge in [-0.05, 0) is 19.5 Å². The minimum atomic E-state index is 0.0838. The summed E-state index contributed by atoms with van der Waals surface area (Å²) in [7, 11) is 2.04. The van der Waals surface area contributed by atoms with Crippen LogP contribution in [-0.4, -0.2) is 56.8 Å². The number of rotatable bonds is 5. The predicted octanol–water partition coefficient (Wildman–Crippen LogP) is 1.99. The molecule has 0 aliphatic carbocycles. The van der Waals surface area contributed by atoms with Crippen LogP contribution in [0, 0.1) is 0 Å². The molecule has 1 fully saturated rings. The summed E-state index contributed by atoms with van der Waals surface area (Å²) in [5.74, 6) is 1.62. The highest BCUT2D eigenvalue weighted by molar-refractivity contribution is 7.13. The van der Waals surface area contributed by atoms with E-state index in [4.69, 9.17) is 5.73 Å². The Kier molecular flexibility index (Phi) is 5.29. The summed E-state index contributed by atoms with van der Waals surface area (Å²) in [6.07, 6.45) is 4.33. The van der Waals surface area contributed by atoms with Crippen molar-refractivity contribution in [3.05, 3.63) is 34.2 Å². The highest BCUT2D eigenvalue weighted by Crippen LogP contribution is 2.24. The predicted molar refractivity (Wildman–Crippen MR) is 98.4 cm³/mol. The summed E-state index contributed by atoms with van der Waals surface area (Å²) in [4.78, 5) is 30.4. The number of hydrogen-bond acceptors (Lipinski definition) is 7. The van der Waals surface area contributed by atoms with Gasteiger partial charge in [-0.1, -0.05) is 13.8 Å². The zero-order valence-electron chi connectivity index (χ0n) is 14.8. The standard InChI is InChI=1S/C17H24N6OS/c1-11(2)16-20-8-13(25-16)17(24)23-7-5-12(9-23)22(3)10-15-19-6-4-14(18)21-15/h4,6,8,11-12H,5,7,9-10H2,1-3H3,(H2,18,19,21). The third-order valence-electron chi connectivity index (χ3n) is 4.42. The lowest BCUT2D eigenvalue weighted by molar-refractivity contribution is 0.0784. The van der Waals surface area contributed by atoms with Gasteiger partial charge in [-0.15, -0.1) is 11.3 Å². The second-order valence-electron chi connectivity index (χ2n) is 6.72. The summed E-state index contributed by atoms with van der Waals surface area (Å²) in [5, 5.41) is 1.01. The zero-order chi connectivity index (χ0) is 18.0. The first kappa shape index (κ1) is 17.8. The smallest absolute Gasteiger partial charge is 0.265 e. The molecule has 134 valence electrons. The van der Waals surface area contributed by atoms with Crippen molar-refractivity contribution in [1.82, 2.24) is 24.8 Å². The fourth-order valence-corrected chi connectivity index (χ4v) is 3.83. The lowest BCUT2D eigenvalue weighted by atomic mass is 10.2. The number of thiazole rings is 1. The van der Waals surface area contributed by atoms with Crippen LogP contribution in [0.5, 0.6) is 0 Å². The van der Waals surface area contributed by atoms with Gasteiger partial charge < -0.3 is 10.6 Å². The molecule has 0 aromatic carbocycles. The maximum Gasteiger partial charge on any atom is 0.265 e. The van der Waals surface area contributed by atoms with Crippen LogP contribution in [0.15, 0.2) is 18.5 Å². The Labute approximate surface area is 151 Å². The average molecular weight is 360 g/mol. The van der Waals surface area contributed by atoms with Crippen molar-refractivity contribution in [2.75, 3.05) is 25.9 Å². The van der Waals surface area contributed by atoms with E-state index in [0.29, 0.717) is 36.7 Å². The van der Waals surface area contributed by atoms with E-state index in [-0.39, 0.29) is 5.91 Å². The maximum atomic E-state index is 12.7. The monoisotopic (exact) mass is 360 g/mol. The van der Waals surface area contributed by atoms with Crippen LogP contribution >= 0.6 is 11.3 Å². The fourth-order valence-electron chi connectivity index (χ4n) is 2.94. The Morgan fingerprint density at radius 2 is 2.28 bits per heavy atom. The number of anilines is 1. The second kappa shape index (κ2) is 7.45. The van der Waals surface area contributed by atoms with Gasteiger partial charge in [-0.2, -0.15) is 0 Å². The molecule has 1 saturated heterocycles. The number of aromatic nitrogens is 3. The van der Waals surface area contributed by atoms with E-state index in [1.165, 1.54) is 11.3 Å². The van der Waals surface area contributed by atoms with Gasteiger partial charge in [0.2, 0.25) is 0 Å². The molecule has 25 heavy (non-hydrogen) atoms. The van der Waals surface area contributed by atoms with Crippen LogP contribution in [0.2, 0.25) is 0 Å². The number of amides is 1. The summed E-state index contributed by atoms with van der Waals surface area (Å²) in [6, 6.07) is 1.98. The van der Waals surface area contributed by atoms with Gasteiger partial charge >= 0.3 is 0 Å². The van der Waals surface area contributed by atoms with Crippen LogP contribution in [0.1, 0.15) is 46.7 Å². The van der Waals surface area contributed by atoms with E-state index in [1.807, 2.05) is 11.9 Å². The Morgan fingerprint density at radius 1 is 1.48 bits per heavy atom. The molecule has 2 aromatic rings. The Morgan fingerprint density at radius 3 is 2.96 bits per heavy atom. The number of nitrogens with two attached hydrogens (primary N) is 1. The van der Waals surface area contributed by atoms with E-state index in [0.717, 1.165) is 22.9 Å². The third-order valence-corrected chi connectivity index (χ3v) is 5.71. The first-order chi connectivity index (χ1) is 11.9. The quantitative estimate of drug-likeness (QED) is 0.877. The highest BCUT2D eigenvalue weighted by Gasteiger charge is 2.30. The molecule has 1 amide bonds. The number of carbonyl (C=O) groups excluding carboxylic acids is 1. The van der Waals surface area contributed by atoms with E-state index in [9.17, 15) is 4.79 Å². The minimum absolute atomic E-state index is 0.0838. The average Bonchev–Trinajstić information content (AvgIpc) is 3.24. The van der Waals surface area contributed by atoms with Crippen molar-refractivity contribution in [3.63, 3.8) is 0 Å². The van der Waals surface area contributed by atoms with Crippen LogP contribution < -0.4 is 5.73 Å². The SMILES string of the molecule is CC(C)c1ncc(C(=O)N2CCC(N(C)Cc3nccc(N)n3)C2)s1. The lowest BCUT2D eigenvalue weighted by Gasteiger charge is -2.23. The molecule has 0 radical (unpaired) electrons. The number of nitrogen functional groups attached to an aromatic ring is 1. The summed E-state index contributed by atoms with van der Waals surface area (Å²) in [6.45, 7) is 6.28. The highest BCUT2D eigenvalue weighted by atomic mass is 32.1. The molecule has 0 bridgehead atoms. The third kappa shape index (κ3) is 4.13. The summed E-state index contributed by atoms with van der Waals surface area (Å²) >= 11 is 1.50. The second-order valence-corrected chi connectivity index (χ2v) is 7.79. The Hall–Kier alpha value is -2.06. The van der Waals surface area contributed by atoms with Crippen molar-refractivity contribution in [2.45, 2.75) is 38.8 Å². The number of hydrogen-bond donors (Lipinski definition) is 1. The van der Waals surface area contributed by atoms with Gasteiger partial charge in [0.25, 0.3) is 5.91 Å². The van der Waals surface area contributed by atoms with Crippen molar-refractivity contribution in [1.29, 1.82) is 0 Å². The van der Waals surface area contributed by atoms with Crippen LogP contribution in [-0.2, 0) is 6.54 Å². The molecule has 1 unspecified atom stereocenters. The molecule has 3 rings (SSSR count).